The fourth-order valence-corrected chi connectivity index (χ4v) is 1.59. The first-order chi connectivity index (χ1) is 9.52. The van der Waals surface area contributed by atoms with E-state index in [9.17, 15) is 4.79 Å². The summed E-state index contributed by atoms with van der Waals surface area (Å²) in [4.78, 5) is 18.1. The van der Waals surface area contributed by atoms with Gasteiger partial charge < -0.3 is 19.4 Å². The molecule has 0 atom stereocenters. The minimum Gasteiger partial charge on any atom is -0.462 e. The Morgan fingerprint density at radius 1 is 1.35 bits per heavy atom. The van der Waals surface area contributed by atoms with Crippen molar-refractivity contribution in [3.05, 3.63) is 23.7 Å². The Hall–Kier alpha value is -1.22. The van der Waals surface area contributed by atoms with Crippen LogP contribution in [0.1, 0.15) is 11.5 Å². The fraction of sp³-hybridized carbons (Fsp3) is 0.583. The van der Waals surface area contributed by atoms with E-state index in [1.165, 1.54) is 7.05 Å². The van der Waals surface area contributed by atoms with Gasteiger partial charge >= 0.3 is 6.03 Å². The van der Waals surface area contributed by atoms with Gasteiger partial charge in [0, 0.05) is 7.05 Å². The number of nitrogens with one attached hydrogen (secondary N) is 1. The van der Waals surface area contributed by atoms with Gasteiger partial charge in [-0.05, 0) is 39.0 Å². The maximum atomic E-state index is 11.0. The second kappa shape index (κ2) is 8.85. The molecule has 8 heteroatoms. The van der Waals surface area contributed by atoms with Gasteiger partial charge in [-0.1, -0.05) is 0 Å². The number of carbonyl (C=O) groups is 1. The molecule has 1 aromatic heterocycles. The van der Waals surface area contributed by atoms with Crippen LogP contribution in [-0.4, -0.2) is 49.8 Å². The number of furan rings is 1. The van der Waals surface area contributed by atoms with Gasteiger partial charge in [-0.3, -0.25) is 4.84 Å². The van der Waals surface area contributed by atoms with Gasteiger partial charge in [0.2, 0.25) is 0 Å². The number of hydrogen-bond acceptors (Lipinski definition) is 6. The molecule has 0 bridgehead atoms. The molecule has 0 unspecified atom stereocenters. The Kier molecular flexibility index (Phi) is 7.45. The van der Waals surface area contributed by atoms with E-state index in [0.29, 0.717) is 13.2 Å². The molecule has 0 fully saturated rings. The third kappa shape index (κ3) is 6.29. The maximum Gasteiger partial charge on any atom is 0.351 e. The van der Waals surface area contributed by atoms with Crippen LogP contribution in [0.15, 0.2) is 16.5 Å². The third-order valence-corrected chi connectivity index (χ3v) is 2.56. The van der Waals surface area contributed by atoms with E-state index in [-0.39, 0.29) is 6.61 Å². The Labute approximate surface area is 124 Å². The van der Waals surface area contributed by atoms with Crippen LogP contribution in [0.3, 0.4) is 0 Å². The first kappa shape index (κ1) is 16.8. The molecule has 0 aliphatic rings. The van der Waals surface area contributed by atoms with Crippen LogP contribution in [-0.2, 0) is 22.7 Å². The molecule has 0 saturated carbocycles. The summed E-state index contributed by atoms with van der Waals surface area (Å²) >= 11 is 3.83. The number of urea groups is 1. The van der Waals surface area contributed by atoms with Gasteiger partial charge in [0.05, 0.1) is 19.8 Å². The molecule has 1 aromatic rings. The highest BCUT2D eigenvalue weighted by atomic mass is 32.1. The summed E-state index contributed by atoms with van der Waals surface area (Å²) in [6, 6.07) is 3.37. The average molecular weight is 303 g/mol. The van der Waals surface area contributed by atoms with E-state index in [1.54, 1.807) is 0 Å². The largest absolute Gasteiger partial charge is 0.462 e. The molecule has 0 aromatic carbocycles. The molecule has 0 saturated heterocycles. The van der Waals surface area contributed by atoms with Crippen molar-refractivity contribution in [2.45, 2.75) is 13.2 Å². The first-order valence-electron chi connectivity index (χ1n) is 6.16. The summed E-state index contributed by atoms with van der Waals surface area (Å²) < 4.78 is 11.8. The molecule has 1 N–H and O–H groups in total. The topological polar surface area (TPSA) is 67.2 Å². The number of thiol groups is 1. The molecule has 0 aliphatic carbocycles. The van der Waals surface area contributed by atoms with Crippen LogP contribution in [0.25, 0.3) is 0 Å². The van der Waals surface area contributed by atoms with E-state index in [4.69, 9.17) is 14.0 Å². The highest BCUT2D eigenvalue weighted by molar-refractivity contribution is 7.78. The molecule has 2 amide bonds. The van der Waals surface area contributed by atoms with Gasteiger partial charge in [-0.2, -0.15) is 0 Å². The molecule has 1 rings (SSSR count). The van der Waals surface area contributed by atoms with E-state index in [2.05, 4.69) is 18.1 Å². The van der Waals surface area contributed by atoms with Crippen molar-refractivity contribution < 1.29 is 18.8 Å². The Morgan fingerprint density at radius 2 is 2.05 bits per heavy atom. The standard InChI is InChI=1S/C12H21N3O4S/c1-13-12(16)15(20)18-7-6-17-9-11-5-4-10(19-11)8-14(2)3/h4-5,20H,6-9H2,1-3H3,(H,13,16). The summed E-state index contributed by atoms with van der Waals surface area (Å²) in [5, 5.41) is 2.38. The van der Waals surface area contributed by atoms with Crippen LogP contribution in [0.2, 0.25) is 0 Å². The lowest BCUT2D eigenvalue weighted by atomic mass is 10.4. The number of ether oxygens (including phenoxy) is 1. The van der Waals surface area contributed by atoms with Crippen LogP contribution in [0.5, 0.6) is 0 Å². The monoisotopic (exact) mass is 303 g/mol. The first-order valence-corrected chi connectivity index (χ1v) is 6.56. The number of nitrogens with zero attached hydrogens (tertiary/aromatic N) is 2. The predicted molar refractivity (Wildman–Crippen MR) is 77.0 cm³/mol. The summed E-state index contributed by atoms with van der Waals surface area (Å²) in [5.74, 6) is 1.65. The quantitative estimate of drug-likeness (QED) is 0.430. The number of rotatable bonds is 8. The van der Waals surface area contributed by atoms with Crippen molar-refractivity contribution in [3.8, 4) is 0 Å². The molecule has 7 nitrogen and oxygen atoms in total. The Bertz CT molecular complexity index is 411. The fourth-order valence-electron chi connectivity index (χ4n) is 1.41. The van der Waals surface area contributed by atoms with Crippen molar-refractivity contribution in [1.82, 2.24) is 14.7 Å². The van der Waals surface area contributed by atoms with Crippen molar-refractivity contribution in [3.63, 3.8) is 0 Å². The number of amides is 2. The maximum absolute atomic E-state index is 11.0. The molecule has 20 heavy (non-hydrogen) atoms. The van der Waals surface area contributed by atoms with Gasteiger partial charge in [-0.15, -0.1) is 4.47 Å². The molecule has 1 heterocycles. The zero-order chi connectivity index (χ0) is 15.0. The smallest absolute Gasteiger partial charge is 0.351 e. The van der Waals surface area contributed by atoms with E-state index >= 15 is 0 Å². The minimum atomic E-state index is -0.437. The van der Waals surface area contributed by atoms with Crippen molar-refractivity contribution in [2.75, 3.05) is 34.4 Å². The predicted octanol–water partition coefficient (Wildman–Crippen LogP) is 1.28. The van der Waals surface area contributed by atoms with Crippen molar-refractivity contribution >= 4 is 18.8 Å². The summed E-state index contributed by atoms with van der Waals surface area (Å²) in [6.45, 7) is 1.67. The zero-order valence-electron chi connectivity index (χ0n) is 12.0. The Balaban J connectivity index is 2.15. The van der Waals surface area contributed by atoms with Gasteiger partial charge in [0.25, 0.3) is 0 Å². The van der Waals surface area contributed by atoms with Gasteiger partial charge in [-0.25, -0.2) is 4.79 Å². The van der Waals surface area contributed by atoms with E-state index in [1.807, 2.05) is 31.1 Å². The second-order valence-electron chi connectivity index (χ2n) is 4.32. The van der Waals surface area contributed by atoms with Crippen molar-refractivity contribution in [1.29, 1.82) is 0 Å². The molecular weight excluding hydrogens is 282 g/mol. The normalized spacial score (nSPS) is 10.8. The van der Waals surface area contributed by atoms with Crippen molar-refractivity contribution in [2.24, 2.45) is 0 Å². The SMILES string of the molecule is CNC(=O)N(S)OCCOCc1ccc(CN(C)C)o1. The number of hydrogen-bond donors (Lipinski definition) is 2. The minimum absolute atomic E-state index is 0.224. The summed E-state index contributed by atoms with van der Waals surface area (Å²) in [6.07, 6.45) is 0. The zero-order valence-corrected chi connectivity index (χ0v) is 12.9. The van der Waals surface area contributed by atoms with Crippen LogP contribution in [0.4, 0.5) is 4.79 Å². The second-order valence-corrected chi connectivity index (χ2v) is 4.68. The highest BCUT2D eigenvalue weighted by Crippen LogP contribution is 2.10. The lowest BCUT2D eigenvalue weighted by molar-refractivity contribution is -0.0658. The van der Waals surface area contributed by atoms with E-state index < -0.39 is 6.03 Å². The molecule has 0 spiro atoms. The number of carbonyl (C=O) groups excluding carboxylic acids is 1. The molecule has 0 radical (unpaired) electrons. The van der Waals surface area contributed by atoms with Gasteiger partial charge in [0.1, 0.15) is 18.1 Å². The lowest BCUT2D eigenvalue weighted by Gasteiger charge is -2.13. The summed E-state index contributed by atoms with van der Waals surface area (Å²) in [7, 11) is 5.45. The summed E-state index contributed by atoms with van der Waals surface area (Å²) in [5.41, 5.74) is 0. The van der Waals surface area contributed by atoms with Crippen LogP contribution >= 0.6 is 12.8 Å². The highest BCUT2D eigenvalue weighted by Gasteiger charge is 2.07. The Morgan fingerprint density at radius 3 is 2.70 bits per heavy atom. The van der Waals surface area contributed by atoms with E-state index in [0.717, 1.165) is 22.5 Å². The molecular formula is C12H21N3O4S. The lowest BCUT2D eigenvalue weighted by Crippen LogP contribution is -2.32. The van der Waals surface area contributed by atoms with Crippen LogP contribution < -0.4 is 5.32 Å². The third-order valence-electron chi connectivity index (χ3n) is 2.26. The molecule has 0 aliphatic heterocycles. The molecule has 114 valence electrons. The van der Waals surface area contributed by atoms with Gasteiger partial charge in [0.15, 0.2) is 0 Å². The average Bonchev–Trinajstić information content (AvgIpc) is 2.83. The number of hydroxylamine groups is 1. The van der Waals surface area contributed by atoms with Crippen LogP contribution in [0, 0.1) is 0 Å².